The van der Waals surface area contributed by atoms with Crippen LogP contribution in [0.4, 0.5) is 0 Å². The van der Waals surface area contributed by atoms with E-state index in [-0.39, 0.29) is 28.6 Å². The van der Waals surface area contributed by atoms with Crippen molar-refractivity contribution in [2.45, 2.75) is 19.8 Å². The number of para-hydroxylation sites is 2. The molecule has 0 heterocycles. The zero-order chi connectivity index (χ0) is 22.9. The molecule has 0 amide bonds. The average Bonchev–Trinajstić information content (AvgIpc) is 2.80. The van der Waals surface area contributed by atoms with E-state index in [2.05, 4.69) is 34.4 Å². The van der Waals surface area contributed by atoms with Gasteiger partial charge in [0.2, 0.25) is 0 Å². The van der Waals surface area contributed by atoms with E-state index in [0.717, 1.165) is 25.9 Å². The Morgan fingerprint density at radius 3 is 1.48 bits per heavy atom. The summed E-state index contributed by atoms with van der Waals surface area (Å²) in [7, 11) is 0. The van der Waals surface area contributed by atoms with Gasteiger partial charge in [0.1, 0.15) is 0 Å². The van der Waals surface area contributed by atoms with Crippen LogP contribution < -0.4 is 15.5 Å². The van der Waals surface area contributed by atoms with Gasteiger partial charge in [-0.15, -0.1) is 11.5 Å². The maximum atomic E-state index is 11.5. The summed E-state index contributed by atoms with van der Waals surface area (Å²) in [5.74, 6) is 0.00839. The minimum Gasteiger partial charge on any atom is -0.872 e. The molecule has 0 spiro atoms. The van der Waals surface area contributed by atoms with Gasteiger partial charge in [-0.05, 0) is 44.0 Å². The van der Waals surface area contributed by atoms with Crippen LogP contribution in [0.3, 0.4) is 0 Å². The van der Waals surface area contributed by atoms with Gasteiger partial charge in [-0.2, -0.15) is 0 Å². The fraction of sp³-hybridized carbons (Fsp3) is 0.259. The second-order valence-corrected chi connectivity index (χ2v) is 7.26. The smallest absolute Gasteiger partial charge is 0.872 e. The summed E-state index contributed by atoms with van der Waals surface area (Å²) in [6, 6.07) is 24.0. The fourth-order valence-corrected chi connectivity index (χ4v) is 2.75. The van der Waals surface area contributed by atoms with Gasteiger partial charge in [0.05, 0.1) is 0 Å². The molecule has 3 aromatic carbocycles. The Balaban J connectivity index is 0.000000581. The third-order valence-electron chi connectivity index (χ3n) is 4.52. The van der Waals surface area contributed by atoms with Gasteiger partial charge in [-0.1, -0.05) is 84.4 Å². The molecule has 0 saturated heterocycles. The second-order valence-electron chi connectivity index (χ2n) is 7.26. The van der Waals surface area contributed by atoms with Gasteiger partial charge in [-0.3, -0.25) is 9.98 Å². The van der Waals surface area contributed by atoms with E-state index < -0.39 is 0 Å². The molecule has 0 bridgehead atoms. The standard InChI is InChI=1S/C20H25N3O2.C7H8.Cu/c24-19-9-3-1-7-17(19)15-22-13-5-11-21-12-6-14-23-16-18-8-2-4-10-20(18)25;1-7-5-3-2-4-6-7;/h1-4,7-10,15-16,21,24-25H,5-6,11-14H2;2-6H,1H3;/q;;+2/p-2. The fourth-order valence-electron chi connectivity index (χ4n) is 2.75. The molecule has 0 aliphatic rings. The van der Waals surface area contributed by atoms with E-state index in [1.165, 1.54) is 5.56 Å². The third kappa shape index (κ3) is 12.6. The second kappa shape index (κ2) is 17.6. The molecular formula is C27H31CuN3O2. The Hall–Kier alpha value is -2.92. The molecule has 177 valence electrons. The molecule has 5 nitrogen and oxygen atoms in total. The molecular weight excluding hydrogens is 462 g/mol. The quantitative estimate of drug-likeness (QED) is 0.266. The summed E-state index contributed by atoms with van der Waals surface area (Å²) in [5, 5.41) is 26.3. The zero-order valence-electron chi connectivity index (χ0n) is 18.9. The van der Waals surface area contributed by atoms with Crippen molar-refractivity contribution < 1.29 is 27.3 Å². The average molecular weight is 493 g/mol. The van der Waals surface area contributed by atoms with Crippen molar-refractivity contribution in [2.75, 3.05) is 26.2 Å². The number of hydrogen-bond acceptors (Lipinski definition) is 5. The summed E-state index contributed by atoms with van der Waals surface area (Å²) in [6.07, 6.45) is 5.13. The first kappa shape index (κ1) is 28.1. The van der Waals surface area contributed by atoms with Crippen LogP contribution in [0, 0.1) is 6.92 Å². The van der Waals surface area contributed by atoms with E-state index in [1.54, 1.807) is 48.8 Å². The molecule has 1 N–H and O–H groups in total. The predicted molar refractivity (Wildman–Crippen MR) is 130 cm³/mol. The number of rotatable bonds is 10. The van der Waals surface area contributed by atoms with Crippen LogP contribution in [-0.4, -0.2) is 38.6 Å². The van der Waals surface area contributed by atoms with E-state index in [1.807, 2.05) is 30.3 Å². The molecule has 0 unspecified atom stereocenters. The Kier molecular flexibility index (Phi) is 15.0. The van der Waals surface area contributed by atoms with E-state index in [9.17, 15) is 10.2 Å². The predicted octanol–water partition coefficient (Wildman–Crippen LogP) is 3.73. The first-order valence-corrected chi connectivity index (χ1v) is 10.9. The number of hydrogen-bond donors (Lipinski definition) is 1. The van der Waals surface area contributed by atoms with Gasteiger partial charge in [0, 0.05) is 25.5 Å². The first-order chi connectivity index (χ1) is 15.7. The molecule has 1 radical (unpaired) electrons. The summed E-state index contributed by atoms with van der Waals surface area (Å²) >= 11 is 0. The normalized spacial score (nSPS) is 10.6. The maximum Gasteiger partial charge on any atom is 2.00 e. The number of benzene rings is 3. The molecule has 0 fully saturated rings. The molecule has 0 aliphatic carbocycles. The molecule has 33 heavy (non-hydrogen) atoms. The van der Waals surface area contributed by atoms with Crippen LogP contribution in [0.15, 0.2) is 88.8 Å². The van der Waals surface area contributed by atoms with Gasteiger partial charge < -0.3 is 15.5 Å². The minimum absolute atomic E-state index is 0. The number of nitrogens with one attached hydrogen (secondary N) is 1. The van der Waals surface area contributed by atoms with Crippen molar-refractivity contribution in [3.05, 3.63) is 95.6 Å². The monoisotopic (exact) mass is 492 g/mol. The molecule has 0 atom stereocenters. The molecule has 0 aromatic heterocycles. The number of aryl methyl sites for hydroxylation is 1. The molecule has 3 rings (SSSR count). The maximum absolute atomic E-state index is 11.5. The van der Waals surface area contributed by atoms with Crippen molar-refractivity contribution >= 4 is 12.4 Å². The largest absolute Gasteiger partial charge is 2.00 e. The van der Waals surface area contributed by atoms with Crippen molar-refractivity contribution in [1.82, 2.24) is 5.32 Å². The van der Waals surface area contributed by atoms with Crippen LogP contribution in [0.1, 0.15) is 29.5 Å². The van der Waals surface area contributed by atoms with Crippen LogP contribution in [0.25, 0.3) is 0 Å². The summed E-state index contributed by atoms with van der Waals surface area (Å²) in [5.41, 5.74) is 2.59. The van der Waals surface area contributed by atoms with E-state index in [4.69, 9.17) is 0 Å². The van der Waals surface area contributed by atoms with Crippen LogP contribution in [0.2, 0.25) is 0 Å². The Morgan fingerprint density at radius 2 is 1.09 bits per heavy atom. The van der Waals surface area contributed by atoms with Crippen LogP contribution in [-0.2, 0) is 17.1 Å². The molecule has 3 aromatic rings. The van der Waals surface area contributed by atoms with Gasteiger partial charge >= 0.3 is 17.1 Å². The Bertz CT molecular complexity index is 903. The van der Waals surface area contributed by atoms with Gasteiger partial charge in [0.15, 0.2) is 0 Å². The summed E-state index contributed by atoms with van der Waals surface area (Å²) in [4.78, 5) is 8.55. The van der Waals surface area contributed by atoms with Crippen LogP contribution in [0.5, 0.6) is 11.5 Å². The van der Waals surface area contributed by atoms with Crippen molar-refractivity contribution in [3.8, 4) is 11.5 Å². The van der Waals surface area contributed by atoms with Crippen molar-refractivity contribution in [2.24, 2.45) is 9.98 Å². The molecule has 6 heteroatoms. The van der Waals surface area contributed by atoms with E-state index in [0.29, 0.717) is 24.2 Å². The summed E-state index contributed by atoms with van der Waals surface area (Å²) < 4.78 is 0. The van der Waals surface area contributed by atoms with E-state index >= 15 is 0 Å². The Labute approximate surface area is 207 Å². The molecule has 0 saturated carbocycles. The zero-order valence-corrected chi connectivity index (χ0v) is 19.9. The van der Waals surface area contributed by atoms with Crippen molar-refractivity contribution in [1.29, 1.82) is 0 Å². The summed E-state index contributed by atoms with van der Waals surface area (Å²) in [6.45, 7) is 5.23. The van der Waals surface area contributed by atoms with Gasteiger partial charge in [-0.25, -0.2) is 0 Å². The van der Waals surface area contributed by atoms with Crippen molar-refractivity contribution in [3.63, 3.8) is 0 Å². The number of aliphatic imine (C=N–C) groups is 2. The first-order valence-electron chi connectivity index (χ1n) is 10.9. The van der Waals surface area contributed by atoms with Crippen LogP contribution >= 0.6 is 0 Å². The minimum atomic E-state index is 0. The molecule has 0 aliphatic heterocycles. The topological polar surface area (TPSA) is 82.9 Å². The van der Waals surface area contributed by atoms with Gasteiger partial charge in [0.25, 0.3) is 0 Å². The SMILES string of the molecule is Cc1ccccc1.[Cu+2].[O-]c1ccccc1C=NCCCNCCCN=Cc1ccccc1[O-]. The number of nitrogens with zero attached hydrogens (tertiary/aromatic N) is 2. The Morgan fingerprint density at radius 1 is 0.667 bits per heavy atom. The third-order valence-corrected chi connectivity index (χ3v) is 4.52.